The average molecular weight is 300 g/mol. The molecule has 0 aromatic rings. The number of carboxylic acids is 1. The summed E-state index contributed by atoms with van der Waals surface area (Å²) in [7, 11) is 0. The molecule has 4 nitrogen and oxygen atoms in total. The molecule has 4 heteroatoms. The Bertz CT molecular complexity index is 264. The van der Waals surface area contributed by atoms with Crippen molar-refractivity contribution in [1.29, 1.82) is 0 Å². The first kappa shape index (κ1) is 19.9. The van der Waals surface area contributed by atoms with Crippen LogP contribution in [-0.2, 0) is 14.3 Å². The highest BCUT2D eigenvalue weighted by Crippen LogP contribution is 2.10. The summed E-state index contributed by atoms with van der Waals surface area (Å²) in [6.07, 6.45) is 13.2. The van der Waals surface area contributed by atoms with Gasteiger partial charge in [0.2, 0.25) is 0 Å². The van der Waals surface area contributed by atoms with E-state index >= 15 is 0 Å². The van der Waals surface area contributed by atoms with Crippen molar-refractivity contribution in [2.24, 2.45) is 0 Å². The third kappa shape index (κ3) is 16.9. The molecule has 0 bridgehead atoms. The molecule has 124 valence electrons. The quantitative estimate of drug-likeness (QED) is 0.351. The van der Waals surface area contributed by atoms with Crippen molar-refractivity contribution in [2.75, 3.05) is 6.61 Å². The number of carbonyl (C=O) groups is 2. The number of aliphatic carboxylic acids is 1. The van der Waals surface area contributed by atoms with E-state index in [0.717, 1.165) is 12.8 Å². The molecular formula is C17H32O4. The summed E-state index contributed by atoms with van der Waals surface area (Å²) < 4.78 is 5.06. The van der Waals surface area contributed by atoms with E-state index in [2.05, 4.69) is 6.92 Å². The van der Waals surface area contributed by atoms with E-state index in [1.54, 1.807) is 0 Å². The number of unbranched alkanes of at least 4 members (excludes halogenated alkanes) is 9. The van der Waals surface area contributed by atoms with E-state index in [4.69, 9.17) is 9.84 Å². The maximum atomic E-state index is 11.3. The minimum atomic E-state index is -0.863. The predicted molar refractivity (Wildman–Crippen MR) is 84.3 cm³/mol. The van der Waals surface area contributed by atoms with Crippen molar-refractivity contribution in [3.8, 4) is 0 Å². The lowest BCUT2D eigenvalue weighted by atomic mass is 10.1. The molecule has 0 rings (SSSR count). The van der Waals surface area contributed by atoms with E-state index < -0.39 is 5.97 Å². The molecule has 0 fully saturated rings. The first-order chi connectivity index (χ1) is 10.2. The molecule has 0 spiro atoms. The average Bonchev–Trinajstić information content (AvgIpc) is 2.44. The molecule has 0 heterocycles. The van der Waals surface area contributed by atoms with E-state index in [1.807, 2.05) is 0 Å². The first-order valence-corrected chi connectivity index (χ1v) is 8.54. The van der Waals surface area contributed by atoms with E-state index in [1.165, 1.54) is 51.4 Å². The number of carboxylic acid groups (broad SMARTS) is 1. The van der Waals surface area contributed by atoms with Crippen molar-refractivity contribution in [2.45, 2.75) is 90.4 Å². The second-order valence-electron chi connectivity index (χ2n) is 5.65. The maximum absolute atomic E-state index is 11.3. The van der Waals surface area contributed by atoms with Crippen LogP contribution in [0.2, 0.25) is 0 Å². The Hall–Kier alpha value is -1.06. The van der Waals surface area contributed by atoms with Crippen LogP contribution in [0.15, 0.2) is 0 Å². The van der Waals surface area contributed by atoms with Crippen LogP contribution in [0.4, 0.5) is 0 Å². The highest BCUT2D eigenvalue weighted by Gasteiger charge is 2.04. The van der Waals surface area contributed by atoms with Crippen LogP contribution >= 0.6 is 0 Å². The smallest absolute Gasteiger partial charge is 0.305 e. The van der Waals surface area contributed by atoms with Crippen LogP contribution in [0.5, 0.6) is 0 Å². The molecule has 0 amide bonds. The second kappa shape index (κ2) is 15.3. The minimum Gasteiger partial charge on any atom is -0.481 e. The van der Waals surface area contributed by atoms with Gasteiger partial charge in [0.25, 0.3) is 0 Å². The Morgan fingerprint density at radius 2 is 1.29 bits per heavy atom. The molecule has 0 unspecified atom stereocenters. The van der Waals surface area contributed by atoms with E-state index in [-0.39, 0.29) is 18.8 Å². The highest BCUT2D eigenvalue weighted by atomic mass is 16.5. The van der Waals surface area contributed by atoms with Crippen molar-refractivity contribution < 1.29 is 19.4 Å². The summed E-state index contributed by atoms with van der Waals surface area (Å²) in [5.74, 6) is -1.13. The van der Waals surface area contributed by atoms with Gasteiger partial charge in [0.15, 0.2) is 0 Å². The Balaban J connectivity index is 3.14. The number of esters is 1. The van der Waals surface area contributed by atoms with Crippen LogP contribution in [0.25, 0.3) is 0 Å². The fourth-order valence-electron chi connectivity index (χ4n) is 2.23. The van der Waals surface area contributed by atoms with Crippen molar-refractivity contribution in [3.05, 3.63) is 0 Å². The summed E-state index contributed by atoms with van der Waals surface area (Å²) in [5.41, 5.74) is 0. The number of hydrogen-bond acceptors (Lipinski definition) is 3. The third-order valence-corrected chi connectivity index (χ3v) is 3.53. The molecule has 0 aromatic heterocycles. The van der Waals surface area contributed by atoms with Crippen molar-refractivity contribution >= 4 is 11.9 Å². The fraction of sp³-hybridized carbons (Fsp3) is 0.882. The summed E-state index contributed by atoms with van der Waals surface area (Å²) in [5, 5.41) is 8.45. The number of hydrogen-bond donors (Lipinski definition) is 1. The maximum Gasteiger partial charge on any atom is 0.305 e. The monoisotopic (exact) mass is 300 g/mol. The van der Waals surface area contributed by atoms with Gasteiger partial charge in [-0.05, 0) is 12.8 Å². The van der Waals surface area contributed by atoms with Gasteiger partial charge in [0.05, 0.1) is 6.61 Å². The number of ether oxygens (including phenoxy) is 1. The molecule has 1 N–H and O–H groups in total. The normalized spacial score (nSPS) is 10.5. The van der Waals surface area contributed by atoms with Crippen LogP contribution in [-0.4, -0.2) is 23.7 Å². The fourth-order valence-corrected chi connectivity index (χ4v) is 2.23. The molecule has 0 aromatic carbocycles. The predicted octanol–water partition coefficient (Wildman–Crippen LogP) is 4.71. The third-order valence-electron chi connectivity index (χ3n) is 3.53. The Morgan fingerprint density at radius 3 is 1.81 bits per heavy atom. The zero-order valence-corrected chi connectivity index (χ0v) is 13.6. The first-order valence-electron chi connectivity index (χ1n) is 8.54. The summed E-state index contributed by atoms with van der Waals surface area (Å²) in [6, 6.07) is 0. The van der Waals surface area contributed by atoms with Gasteiger partial charge in [-0.2, -0.15) is 0 Å². The summed E-state index contributed by atoms with van der Waals surface area (Å²) in [4.78, 5) is 21.6. The molecule has 0 atom stereocenters. The number of carbonyl (C=O) groups excluding carboxylic acids is 1. The molecular weight excluding hydrogens is 268 g/mol. The van der Waals surface area contributed by atoms with Crippen LogP contribution < -0.4 is 0 Å². The lowest BCUT2D eigenvalue weighted by Crippen LogP contribution is -2.06. The molecule has 0 aliphatic heterocycles. The van der Waals surface area contributed by atoms with E-state index in [0.29, 0.717) is 13.0 Å². The van der Waals surface area contributed by atoms with Crippen LogP contribution in [0, 0.1) is 0 Å². The van der Waals surface area contributed by atoms with Crippen molar-refractivity contribution in [1.82, 2.24) is 0 Å². The standard InChI is InChI=1S/C17H32O4/c1-2-3-4-5-6-7-8-9-10-11-15-21-17(20)14-12-13-16(18)19/h2-15H2,1H3,(H,18,19). The Labute approximate surface area is 129 Å². The lowest BCUT2D eigenvalue weighted by molar-refractivity contribution is -0.144. The second-order valence-corrected chi connectivity index (χ2v) is 5.65. The van der Waals surface area contributed by atoms with Crippen LogP contribution in [0.3, 0.4) is 0 Å². The molecule has 21 heavy (non-hydrogen) atoms. The van der Waals surface area contributed by atoms with Crippen LogP contribution in [0.1, 0.15) is 90.4 Å². The molecule has 0 saturated carbocycles. The Kier molecular flexibility index (Phi) is 14.6. The molecule has 0 radical (unpaired) electrons. The molecule has 0 aliphatic rings. The van der Waals surface area contributed by atoms with Gasteiger partial charge in [-0.3, -0.25) is 9.59 Å². The zero-order chi connectivity index (χ0) is 15.8. The lowest BCUT2D eigenvalue weighted by Gasteiger charge is -2.04. The number of rotatable bonds is 15. The summed E-state index contributed by atoms with van der Waals surface area (Å²) >= 11 is 0. The summed E-state index contributed by atoms with van der Waals surface area (Å²) in [6.45, 7) is 2.71. The van der Waals surface area contributed by atoms with Gasteiger partial charge in [0, 0.05) is 12.8 Å². The highest BCUT2D eigenvalue weighted by molar-refractivity contribution is 5.71. The largest absolute Gasteiger partial charge is 0.481 e. The van der Waals surface area contributed by atoms with Gasteiger partial charge in [0.1, 0.15) is 0 Å². The Morgan fingerprint density at radius 1 is 0.762 bits per heavy atom. The van der Waals surface area contributed by atoms with E-state index in [9.17, 15) is 9.59 Å². The topological polar surface area (TPSA) is 63.6 Å². The van der Waals surface area contributed by atoms with Gasteiger partial charge in [-0.15, -0.1) is 0 Å². The SMILES string of the molecule is CCCCCCCCCCCCOC(=O)CCCC(=O)O. The van der Waals surface area contributed by atoms with Gasteiger partial charge in [-0.25, -0.2) is 0 Å². The van der Waals surface area contributed by atoms with Gasteiger partial charge in [-0.1, -0.05) is 64.7 Å². The molecule has 0 saturated heterocycles. The van der Waals surface area contributed by atoms with Crippen molar-refractivity contribution in [3.63, 3.8) is 0 Å². The van der Waals surface area contributed by atoms with Gasteiger partial charge >= 0.3 is 11.9 Å². The van der Waals surface area contributed by atoms with Gasteiger partial charge < -0.3 is 9.84 Å². The molecule has 0 aliphatic carbocycles. The zero-order valence-electron chi connectivity index (χ0n) is 13.6. The minimum absolute atomic E-state index is 0.0351.